The zero-order valence-electron chi connectivity index (χ0n) is 12.3. The highest BCUT2D eigenvalue weighted by atomic mass is 19.1. The molecule has 21 heavy (non-hydrogen) atoms. The average Bonchev–Trinajstić information content (AvgIpc) is 2.39. The van der Waals surface area contributed by atoms with Crippen LogP contribution in [-0.4, -0.2) is 11.1 Å². The normalized spacial score (nSPS) is 10.5. The quantitative estimate of drug-likeness (QED) is 0.891. The Bertz CT molecular complexity index is 672. The number of nitrogens with one attached hydrogen (secondary N) is 1. The van der Waals surface area contributed by atoms with Crippen LogP contribution in [0.15, 0.2) is 30.3 Å². The lowest BCUT2D eigenvalue weighted by Gasteiger charge is -2.14. The van der Waals surface area contributed by atoms with Crippen molar-refractivity contribution >= 4 is 11.7 Å². The van der Waals surface area contributed by atoms with Gasteiger partial charge in [0.25, 0.3) is 0 Å². The van der Waals surface area contributed by atoms with Crippen LogP contribution in [0.1, 0.15) is 32.6 Å². The van der Waals surface area contributed by atoms with Gasteiger partial charge in [-0.3, -0.25) is 0 Å². The van der Waals surface area contributed by atoms with Gasteiger partial charge in [0.15, 0.2) is 0 Å². The molecule has 0 fully saturated rings. The Kier molecular flexibility index (Phi) is 4.26. The Morgan fingerprint density at radius 3 is 2.29 bits per heavy atom. The molecule has 0 saturated carbocycles. The first kappa shape index (κ1) is 15.0. The molecule has 0 amide bonds. The molecule has 0 spiro atoms. The first-order chi connectivity index (χ1) is 9.88. The molecule has 2 aromatic carbocycles. The summed E-state index contributed by atoms with van der Waals surface area (Å²) in [5.41, 5.74) is 4.78. The molecule has 0 heterocycles. The van der Waals surface area contributed by atoms with Crippen molar-refractivity contribution in [3.05, 3.63) is 64.0 Å². The van der Waals surface area contributed by atoms with Crippen molar-refractivity contribution in [1.29, 1.82) is 0 Å². The summed E-state index contributed by atoms with van der Waals surface area (Å²) in [5, 5.41) is 12.3. The third kappa shape index (κ3) is 3.40. The summed E-state index contributed by atoms with van der Waals surface area (Å²) >= 11 is 0. The molecule has 0 atom stereocenters. The smallest absolute Gasteiger partial charge is 0.335 e. The van der Waals surface area contributed by atoms with Gasteiger partial charge in [0, 0.05) is 12.2 Å². The van der Waals surface area contributed by atoms with Crippen molar-refractivity contribution in [2.45, 2.75) is 27.3 Å². The number of carboxylic acids is 1. The molecule has 0 aromatic heterocycles. The second-order valence-corrected chi connectivity index (χ2v) is 5.21. The number of hydrogen-bond acceptors (Lipinski definition) is 2. The van der Waals surface area contributed by atoms with E-state index in [-0.39, 0.29) is 11.4 Å². The number of aryl methyl sites for hydroxylation is 3. The highest BCUT2D eigenvalue weighted by Gasteiger charge is 2.08. The predicted octanol–water partition coefficient (Wildman–Crippen LogP) is 4.06. The van der Waals surface area contributed by atoms with Gasteiger partial charge in [-0.25, -0.2) is 9.18 Å². The van der Waals surface area contributed by atoms with Gasteiger partial charge >= 0.3 is 5.97 Å². The lowest BCUT2D eigenvalue weighted by atomic mass is 10.0. The number of halogens is 1. The standard InChI is InChI=1S/C17H18FNO2/c1-10-4-5-13(17(20)21)8-16(10)19-9-15-11(2)6-14(18)7-12(15)3/h4-8,19H,9H2,1-3H3,(H,20,21). The van der Waals surface area contributed by atoms with Crippen molar-refractivity contribution in [1.82, 2.24) is 0 Å². The lowest BCUT2D eigenvalue weighted by Crippen LogP contribution is -2.06. The number of carbonyl (C=O) groups is 1. The van der Waals surface area contributed by atoms with E-state index in [1.165, 1.54) is 12.1 Å². The Morgan fingerprint density at radius 1 is 1.10 bits per heavy atom. The van der Waals surface area contributed by atoms with Crippen LogP contribution < -0.4 is 5.32 Å². The Hall–Kier alpha value is -2.36. The van der Waals surface area contributed by atoms with E-state index in [0.717, 1.165) is 27.9 Å². The van der Waals surface area contributed by atoms with Crippen LogP contribution in [0.4, 0.5) is 10.1 Å². The number of carboxylic acid groups (broad SMARTS) is 1. The van der Waals surface area contributed by atoms with Crippen LogP contribution in [0.5, 0.6) is 0 Å². The van der Waals surface area contributed by atoms with Crippen LogP contribution in [0, 0.1) is 26.6 Å². The van der Waals surface area contributed by atoms with Gasteiger partial charge in [-0.1, -0.05) is 6.07 Å². The third-order valence-electron chi connectivity index (χ3n) is 3.60. The fraction of sp³-hybridized carbons (Fsp3) is 0.235. The Balaban J connectivity index is 2.24. The van der Waals surface area contributed by atoms with E-state index in [4.69, 9.17) is 5.11 Å². The van der Waals surface area contributed by atoms with Crippen LogP contribution in [0.3, 0.4) is 0 Å². The first-order valence-corrected chi connectivity index (χ1v) is 6.72. The summed E-state index contributed by atoms with van der Waals surface area (Å²) in [6.45, 7) is 6.18. The van der Waals surface area contributed by atoms with Crippen LogP contribution in [0.2, 0.25) is 0 Å². The third-order valence-corrected chi connectivity index (χ3v) is 3.60. The molecule has 3 nitrogen and oxygen atoms in total. The molecule has 2 rings (SSSR count). The number of benzene rings is 2. The number of hydrogen-bond donors (Lipinski definition) is 2. The molecule has 2 N–H and O–H groups in total. The van der Waals surface area contributed by atoms with Crippen molar-refractivity contribution in [2.24, 2.45) is 0 Å². The van der Waals surface area contributed by atoms with Crippen LogP contribution >= 0.6 is 0 Å². The largest absolute Gasteiger partial charge is 0.478 e. The summed E-state index contributed by atoms with van der Waals surface area (Å²) in [5.74, 6) is -1.19. The fourth-order valence-corrected chi connectivity index (χ4v) is 2.35. The second-order valence-electron chi connectivity index (χ2n) is 5.21. The fourth-order valence-electron chi connectivity index (χ4n) is 2.35. The molecule has 0 aliphatic carbocycles. The summed E-state index contributed by atoms with van der Waals surface area (Å²) in [7, 11) is 0. The van der Waals surface area contributed by atoms with Gasteiger partial charge in [0.2, 0.25) is 0 Å². The molecule has 0 unspecified atom stereocenters. The van der Waals surface area contributed by atoms with Crippen molar-refractivity contribution < 1.29 is 14.3 Å². The molecule has 0 radical (unpaired) electrons. The summed E-state index contributed by atoms with van der Waals surface area (Å²) in [4.78, 5) is 11.0. The predicted molar refractivity (Wildman–Crippen MR) is 81.3 cm³/mol. The first-order valence-electron chi connectivity index (χ1n) is 6.72. The van der Waals surface area contributed by atoms with E-state index in [2.05, 4.69) is 5.32 Å². The maximum absolute atomic E-state index is 13.3. The van der Waals surface area contributed by atoms with E-state index >= 15 is 0 Å². The van der Waals surface area contributed by atoms with Crippen LogP contribution in [0.25, 0.3) is 0 Å². The van der Waals surface area contributed by atoms with Crippen LogP contribution in [-0.2, 0) is 6.54 Å². The van der Waals surface area contributed by atoms with Gasteiger partial charge in [-0.2, -0.15) is 0 Å². The molecule has 2 aromatic rings. The molecular weight excluding hydrogens is 269 g/mol. The molecule has 0 aliphatic heterocycles. The molecular formula is C17H18FNO2. The van der Waals surface area contributed by atoms with Gasteiger partial charge in [-0.15, -0.1) is 0 Å². The van der Waals surface area contributed by atoms with E-state index in [0.29, 0.717) is 6.54 Å². The molecule has 110 valence electrons. The SMILES string of the molecule is Cc1ccc(C(=O)O)cc1NCc1c(C)cc(F)cc1C. The Labute approximate surface area is 123 Å². The number of rotatable bonds is 4. The van der Waals surface area contributed by atoms with E-state index < -0.39 is 5.97 Å². The van der Waals surface area contributed by atoms with Gasteiger partial charge < -0.3 is 10.4 Å². The highest BCUT2D eigenvalue weighted by molar-refractivity contribution is 5.89. The van der Waals surface area contributed by atoms with Gasteiger partial charge in [0.05, 0.1) is 5.56 Å². The van der Waals surface area contributed by atoms with E-state index in [9.17, 15) is 9.18 Å². The zero-order valence-corrected chi connectivity index (χ0v) is 12.3. The van der Waals surface area contributed by atoms with Crippen molar-refractivity contribution in [3.8, 4) is 0 Å². The Morgan fingerprint density at radius 2 is 1.71 bits per heavy atom. The molecule has 0 aliphatic rings. The average molecular weight is 287 g/mol. The molecule has 0 bridgehead atoms. The van der Waals surface area contributed by atoms with Crippen molar-refractivity contribution in [3.63, 3.8) is 0 Å². The van der Waals surface area contributed by atoms with E-state index in [1.54, 1.807) is 18.2 Å². The maximum atomic E-state index is 13.3. The number of anilines is 1. The highest BCUT2D eigenvalue weighted by Crippen LogP contribution is 2.21. The minimum Gasteiger partial charge on any atom is -0.478 e. The molecule has 4 heteroatoms. The number of aromatic carboxylic acids is 1. The van der Waals surface area contributed by atoms with E-state index in [1.807, 2.05) is 20.8 Å². The second kappa shape index (κ2) is 5.95. The topological polar surface area (TPSA) is 49.3 Å². The lowest BCUT2D eigenvalue weighted by molar-refractivity contribution is 0.0697. The van der Waals surface area contributed by atoms with Gasteiger partial charge in [-0.05, 0) is 67.3 Å². The zero-order chi connectivity index (χ0) is 15.6. The summed E-state index contributed by atoms with van der Waals surface area (Å²) < 4.78 is 13.3. The minimum atomic E-state index is -0.952. The summed E-state index contributed by atoms with van der Waals surface area (Å²) in [6.07, 6.45) is 0. The molecule has 0 saturated heterocycles. The monoisotopic (exact) mass is 287 g/mol. The van der Waals surface area contributed by atoms with Crippen molar-refractivity contribution in [2.75, 3.05) is 5.32 Å². The maximum Gasteiger partial charge on any atom is 0.335 e. The summed E-state index contributed by atoms with van der Waals surface area (Å²) in [6, 6.07) is 7.98. The minimum absolute atomic E-state index is 0.238. The van der Waals surface area contributed by atoms with Gasteiger partial charge in [0.1, 0.15) is 5.82 Å².